The average Bonchev–Trinajstić information content (AvgIpc) is 3.11. The molecule has 0 radical (unpaired) electrons. The van der Waals surface area contributed by atoms with Crippen molar-refractivity contribution >= 4 is 27.3 Å². The van der Waals surface area contributed by atoms with E-state index in [0.717, 1.165) is 22.9 Å². The van der Waals surface area contributed by atoms with Crippen LogP contribution in [0.2, 0.25) is 0 Å². The van der Waals surface area contributed by atoms with Gasteiger partial charge in [-0.3, -0.25) is 4.98 Å². The van der Waals surface area contributed by atoms with Crippen molar-refractivity contribution in [2.24, 2.45) is 0 Å². The molecule has 0 aliphatic carbocycles. The molecule has 0 fully saturated rings. The zero-order valence-electron chi connectivity index (χ0n) is 15.9. The van der Waals surface area contributed by atoms with Gasteiger partial charge in [0.1, 0.15) is 5.82 Å². The second-order valence-electron chi connectivity index (χ2n) is 7.22. The summed E-state index contributed by atoms with van der Waals surface area (Å²) in [4.78, 5) is 18.1. The third kappa shape index (κ3) is 4.30. The summed E-state index contributed by atoms with van der Waals surface area (Å²) in [5.41, 5.74) is 4.19. The summed E-state index contributed by atoms with van der Waals surface area (Å²) in [5, 5.41) is 2.85. The van der Waals surface area contributed by atoms with E-state index in [1.54, 1.807) is 4.90 Å². The number of hydrogen-bond donors (Lipinski definition) is 1. The van der Waals surface area contributed by atoms with Crippen LogP contribution in [0.15, 0.2) is 42.6 Å². The molecule has 7 nitrogen and oxygen atoms in total. The molecule has 152 valence electrons. The Kier molecular flexibility index (Phi) is 5.10. The van der Waals surface area contributed by atoms with Gasteiger partial charge in [0.25, 0.3) is 0 Å². The minimum atomic E-state index is -3.17. The molecule has 2 amide bonds. The number of carbonyl (C=O) groups is 1. The lowest BCUT2D eigenvalue weighted by Gasteiger charge is -2.24. The van der Waals surface area contributed by atoms with Gasteiger partial charge in [-0.2, -0.15) is 4.31 Å². The van der Waals surface area contributed by atoms with Gasteiger partial charge >= 0.3 is 6.03 Å². The van der Waals surface area contributed by atoms with Crippen molar-refractivity contribution in [2.75, 3.05) is 24.7 Å². The molecular weight excluding hydrogens is 395 g/mol. The smallest absolute Gasteiger partial charge is 0.314 e. The van der Waals surface area contributed by atoms with Gasteiger partial charge in [0.2, 0.25) is 10.0 Å². The van der Waals surface area contributed by atoms with Crippen molar-refractivity contribution in [1.82, 2.24) is 14.2 Å². The Balaban J connectivity index is 1.38. The van der Waals surface area contributed by atoms with Crippen LogP contribution < -0.4 is 5.32 Å². The van der Waals surface area contributed by atoms with Crippen LogP contribution in [-0.4, -0.2) is 48.0 Å². The molecule has 0 unspecified atom stereocenters. The second-order valence-corrected chi connectivity index (χ2v) is 9.21. The molecule has 2 aliphatic heterocycles. The highest BCUT2D eigenvalue weighted by Gasteiger charge is 2.25. The minimum Gasteiger partial charge on any atom is -0.314 e. The summed E-state index contributed by atoms with van der Waals surface area (Å²) >= 11 is 0. The van der Waals surface area contributed by atoms with Crippen LogP contribution in [0.5, 0.6) is 0 Å². The summed E-state index contributed by atoms with van der Waals surface area (Å²) in [6.07, 6.45) is 4.95. The molecule has 2 aliphatic rings. The van der Waals surface area contributed by atoms with E-state index in [4.69, 9.17) is 0 Å². The van der Waals surface area contributed by atoms with E-state index in [9.17, 15) is 17.6 Å². The number of halogens is 1. The number of sulfonamides is 1. The number of nitrogens with zero attached hydrogens (tertiary/aromatic N) is 3. The van der Waals surface area contributed by atoms with Gasteiger partial charge in [0.05, 0.1) is 24.7 Å². The third-order valence-electron chi connectivity index (χ3n) is 5.16. The van der Waals surface area contributed by atoms with E-state index in [-0.39, 0.29) is 6.03 Å². The van der Waals surface area contributed by atoms with Gasteiger partial charge in [0.15, 0.2) is 0 Å². The van der Waals surface area contributed by atoms with E-state index >= 15 is 0 Å². The lowest BCUT2D eigenvalue weighted by atomic mass is 10.0. The molecule has 0 spiro atoms. The normalized spacial score (nSPS) is 17.0. The molecule has 4 rings (SSSR count). The van der Waals surface area contributed by atoms with Gasteiger partial charge < -0.3 is 10.2 Å². The number of amides is 2. The summed E-state index contributed by atoms with van der Waals surface area (Å²) < 4.78 is 37.9. The van der Waals surface area contributed by atoms with Crippen molar-refractivity contribution in [3.63, 3.8) is 0 Å². The van der Waals surface area contributed by atoms with Crippen molar-refractivity contribution < 1.29 is 17.6 Å². The Bertz CT molecular complexity index is 1080. The van der Waals surface area contributed by atoms with E-state index in [2.05, 4.69) is 10.3 Å². The van der Waals surface area contributed by atoms with Gasteiger partial charge in [-0.1, -0.05) is 18.2 Å². The summed E-state index contributed by atoms with van der Waals surface area (Å²) in [6.45, 7) is 1.51. The van der Waals surface area contributed by atoms with Crippen molar-refractivity contribution in [2.45, 2.75) is 19.5 Å². The maximum atomic E-state index is 13.3. The number of benzene rings is 1. The van der Waals surface area contributed by atoms with Crippen LogP contribution in [0, 0.1) is 5.82 Å². The molecular formula is C20H21FN4O3S. The highest BCUT2D eigenvalue weighted by atomic mass is 32.2. The molecule has 29 heavy (non-hydrogen) atoms. The highest BCUT2D eigenvalue weighted by Crippen LogP contribution is 2.26. The molecule has 3 heterocycles. The zero-order chi connectivity index (χ0) is 20.6. The first kappa shape index (κ1) is 19.5. The standard InChI is InChI=1S/C20H21FN4O3S/c1-29(27,28)25-8-6-15(7-9-25)14-2-4-18(5-3-14)23-20(26)24-12-16-10-17(21)11-22-19(16)13-24/h2-6,10-11H,7-9,12-13H2,1H3,(H,23,26). The van der Waals surface area contributed by atoms with Gasteiger partial charge in [-0.15, -0.1) is 0 Å². The largest absolute Gasteiger partial charge is 0.322 e. The average molecular weight is 416 g/mol. The van der Waals surface area contributed by atoms with Gasteiger partial charge in [-0.05, 0) is 41.3 Å². The van der Waals surface area contributed by atoms with Crippen LogP contribution in [0.1, 0.15) is 23.2 Å². The number of fused-ring (bicyclic) bond motifs is 1. The predicted octanol–water partition coefficient (Wildman–Crippen LogP) is 2.82. The number of aromatic nitrogens is 1. The molecule has 1 aromatic heterocycles. The molecule has 2 aromatic rings. The molecule has 0 saturated heterocycles. The van der Waals surface area contributed by atoms with E-state index < -0.39 is 15.8 Å². The molecule has 9 heteroatoms. The molecule has 1 aromatic carbocycles. The molecule has 1 N–H and O–H groups in total. The number of urea groups is 1. The van der Waals surface area contributed by atoms with E-state index in [1.165, 1.54) is 16.6 Å². The molecule has 0 atom stereocenters. The second kappa shape index (κ2) is 7.57. The van der Waals surface area contributed by atoms with Crippen LogP contribution in [0.3, 0.4) is 0 Å². The van der Waals surface area contributed by atoms with Crippen LogP contribution in [0.4, 0.5) is 14.9 Å². The lowest BCUT2D eigenvalue weighted by Crippen LogP contribution is -2.33. The number of pyridine rings is 1. The summed E-state index contributed by atoms with van der Waals surface area (Å²) in [5.74, 6) is -0.404. The highest BCUT2D eigenvalue weighted by molar-refractivity contribution is 7.88. The van der Waals surface area contributed by atoms with Crippen molar-refractivity contribution in [1.29, 1.82) is 0 Å². The molecule has 0 bridgehead atoms. The van der Waals surface area contributed by atoms with E-state index in [1.807, 2.05) is 30.3 Å². The number of hydrogen-bond acceptors (Lipinski definition) is 4. The number of rotatable bonds is 3. The fourth-order valence-corrected chi connectivity index (χ4v) is 4.33. The Labute approximate surface area is 168 Å². The van der Waals surface area contributed by atoms with Crippen LogP contribution in [-0.2, 0) is 23.1 Å². The number of nitrogens with one attached hydrogen (secondary N) is 1. The number of anilines is 1. The van der Waals surface area contributed by atoms with Gasteiger partial charge in [0, 0.05) is 25.3 Å². The van der Waals surface area contributed by atoms with Crippen LogP contribution in [0.25, 0.3) is 5.57 Å². The van der Waals surface area contributed by atoms with E-state index in [0.29, 0.717) is 44.0 Å². The Morgan fingerprint density at radius 2 is 1.97 bits per heavy atom. The first-order chi connectivity index (χ1) is 13.8. The van der Waals surface area contributed by atoms with Crippen LogP contribution >= 0.6 is 0 Å². The van der Waals surface area contributed by atoms with Crippen molar-refractivity contribution in [3.05, 3.63) is 65.2 Å². The van der Waals surface area contributed by atoms with Gasteiger partial charge in [-0.25, -0.2) is 17.6 Å². The van der Waals surface area contributed by atoms with Crippen molar-refractivity contribution in [3.8, 4) is 0 Å². The predicted molar refractivity (Wildman–Crippen MR) is 108 cm³/mol. The monoisotopic (exact) mass is 416 g/mol. The topological polar surface area (TPSA) is 82.6 Å². The summed E-state index contributed by atoms with van der Waals surface area (Å²) in [7, 11) is -3.17. The minimum absolute atomic E-state index is 0.267. The zero-order valence-corrected chi connectivity index (χ0v) is 16.7. The fourth-order valence-electron chi connectivity index (χ4n) is 3.56. The maximum Gasteiger partial charge on any atom is 0.322 e. The third-order valence-corrected chi connectivity index (χ3v) is 6.43. The summed E-state index contributed by atoms with van der Waals surface area (Å²) in [6, 6.07) is 8.60. The quantitative estimate of drug-likeness (QED) is 0.834. The Morgan fingerprint density at radius 1 is 1.21 bits per heavy atom. The Morgan fingerprint density at radius 3 is 2.62 bits per heavy atom. The molecule has 0 saturated carbocycles. The first-order valence-corrected chi connectivity index (χ1v) is 11.1. The SMILES string of the molecule is CS(=O)(=O)N1CC=C(c2ccc(NC(=O)N3Cc4cc(F)cnc4C3)cc2)CC1. The fraction of sp³-hybridized carbons (Fsp3) is 0.300. The lowest BCUT2D eigenvalue weighted by molar-refractivity contribution is 0.212. The number of carbonyl (C=O) groups excluding carboxylic acids is 1. The Hall–Kier alpha value is -2.78. The maximum absolute atomic E-state index is 13.3. The first-order valence-electron chi connectivity index (χ1n) is 9.23.